The fourth-order valence-electron chi connectivity index (χ4n) is 4.07. The van der Waals surface area contributed by atoms with Crippen molar-refractivity contribution in [3.63, 3.8) is 0 Å². The zero-order chi connectivity index (χ0) is 21.0. The number of fused-ring (bicyclic) bond motifs is 1. The van der Waals surface area contributed by atoms with Crippen molar-refractivity contribution in [2.75, 3.05) is 17.7 Å². The van der Waals surface area contributed by atoms with Gasteiger partial charge in [0.2, 0.25) is 0 Å². The summed E-state index contributed by atoms with van der Waals surface area (Å²) in [5, 5.41) is 19.1. The maximum absolute atomic E-state index is 12.2. The predicted molar refractivity (Wildman–Crippen MR) is 106 cm³/mol. The monoisotopic (exact) mass is 385 g/mol. The van der Waals surface area contributed by atoms with Crippen molar-refractivity contribution in [1.29, 1.82) is 0 Å². The van der Waals surface area contributed by atoms with Crippen LogP contribution in [0.15, 0.2) is 23.0 Å². The van der Waals surface area contributed by atoms with E-state index in [1.807, 2.05) is 13.1 Å². The van der Waals surface area contributed by atoms with Crippen LogP contribution in [0.4, 0.5) is 11.5 Å². The van der Waals surface area contributed by atoms with Crippen molar-refractivity contribution in [1.82, 2.24) is 4.98 Å². The van der Waals surface area contributed by atoms with E-state index in [1.165, 1.54) is 0 Å². The number of carboxylic acid groups (broad SMARTS) is 2. The van der Waals surface area contributed by atoms with Gasteiger partial charge in [0.1, 0.15) is 16.9 Å². The normalized spacial score (nSPS) is 17.9. The number of anilines is 2. The molecule has 0 spiro atoms. The number of aromatic carboxylic acids is 2. The molecule has 1 aliphatic heterocycles. The van der Waals surface area contributed by atoms with Gasteiger partial charge in [0, 0.05) is 23.8 Å². The number of nitrogens with zero attached hydrogens (tertiary/aromatic N) is 1. The van der Waals surface area contributed by atoms with E-state index in [9.17, 15) is 24.6 Å². The molecule has 2 heterocycles. The van der Waals surface area contributed by atoms with Gasteiger partial charge in [0.25, 0.3) is 5.56 Å². The minimum Gasteiger partial charge on any atom is -0.478 e. The zero-order valence-corrected chi connectivity index (χ0v) is 16.2. The molecule has 8 nitrogen and oxygen atoms in total. The van der Waals surface area contributed by atoms with Crippen LogP contribution in [0.1, 0.15) is 59.4 Å². The van der Waals surface area contributed by atoms with Crippen LogP contribution < -0.4 is 16.2 Å². The maximum Gasteiger partial charge on any atom is 0.342 e. The van der Waals surface area contributed by atoms with Gasteiger partial charge in [0.05, 0.1) is 0 Å². The van der Waals surface area contributed by atoms with Crippen LogP contribution in [-0.2, 0) is 0 Å². The molecule has 1 unspecified atom stereocenters. The minimum absolute atomic E-state index is 0.0549. The Bertz CT molecular complexity index is 1050. The van der Waals surface area contributed by atoms with E-state index in [2.05, 4.69) is 30.7 Å². The predicted octanol–water partition coefficient (Wildman–Crippen LogP) is 2.74. The molecular weight excluding hydrogens is 362 g/mol. The van der Waals surface area contributed by atoms with Gasteiger partial charge in [-0.25, -0.2) is 9.59 Å². The van der Waals surface area contributed by atoms with Crippen LogP contribution in [0.2, 0.25) is 0 Å². The molecule has 0 bridgehead atoms. The lowest BCUT2D eigenvalue weighted by Crippen LogP contribution is -2.45. The number of carbonyl (C=O) groups is 2. The second-order valence-electron chi connectivity index (χ2n) is 7.85. The van der Waals surface area contributed by atoms with Crippen molar-refractivity contribution in [3.8, 4) is 11.1 Å². The molecule has 1 aromatic heterocycles. The molecule has 0 aliphatic carbocycles. The molecule has 1 aliphatic rings. The first-order valence-corrected chi connectivity index (χ1v) is 8.86. The Morgan fingerprint density at radius 3 is 2.39 bits per heavy atom. The summed E-state index contributed by atoms with van der Waals surface area (Å²) in [6, 6.07) is 5.23. The third kappa shape index (κ3) is 2.90. The van der Waals surface area contributed by atoms with Gasteiger partial charge < -0.3 is 25.8 Å². The molecule has 0 amide bonds. The summed E-state index contributed by atoms with van der Waals surface area (Å²) in [6.45, 7) is 6.35. The van der Waals surface area contributed by atoms with Crippen LogP contribution in [-0.4, -0.2) is 39.7 Å². The summed E-state index contributed by atoms with van der Waals surface area (Å²) in [6.07, 6.45) is 0.870. The van der Waals surface area contributed by atoms with Crippen molar-refractivity contribution in [3.05, 3.63) is 45.2 Å². The quantitative estimate of drug-likeness (QED) is 0.637. The van der Waals surface area contributed by atoms with E-state index in [1.54, 1.807) is 12.1 Å². The van der Waals surface area contributed by atoms with Crippen LogP contribution >= 0.6 is 0 Å². The Labute approximate surface area is 161 Å². The van der Waals surface area contributed by atoms with Crippen LogP contribution in [0.25, 0.3) is 11.1 Å². The number of nitrogen functional groups attached to an aromatic ring is 1. The van der Waals surface area contributed by atoms with Crippen molar-refractivity contribution < 1.29 is 19.8 Å². The standard InChI is InChI=1S/C20H23N3O5/c1-9-8-20(2,3)23(4)12-6-5-10(7-11(9)12)13-14(18(25)26)16(21)22-17(24)15(13)19(27)28/h5-7,9H,8H2,1-4H3,(H,25,26)(H,27,28)(H3,21,22,24). The van der Waals surface area contributed by atoms with E-state index in [0.717, 1.165) is 17.7 Å². The number of benzene rings is 1. The number of hydrogen-bond donors (Lipinski definition) is 4. The Balaban J connectivity index is 2.35. The second kappa shape index (κ2) is 6.40. The highest BCUT2D eigenvalue weighted by Crippen LogP contribution is 2.44. The van der Waals surface area contributed by atoms with Gasteiger partial charge in [-0.15, -0.1) is 0 Å². The number of pyridine rings is 1. The van der Waals surface area contributed by atoms with Gasteiger partial charge in [0.15, 0.2) is 0 Å². The van der Waals surface area contributed by atoms with E-state index in [0.29, 0.717) is 5.56 Å². The largest absolute Gasteiger partial charge is 0.478 e. The summed E-state index contributed by atoms with van der Waals surface area (Å²) < 4.78 is 0. The third-order valence-corrected chi connectivity index (χ3v) is 5.59. The van der Waals surface area contributed by atoms with E-state index in [-0.39, 0.29) is 22.8 Å². The zero-order valence-electron chi connectivity index (χ0n) is 16.2. The molecule has 3 rings (SSSR count). The van der Waals surface area contributed by atoms with Gasteiger partial charge in [-0.2, -0.15) is 0 Å². The molecule has 0 fully saturated rings. The Kier molecular flexibility index (Phi) is 4.45. The van der Waals surface area contributed by atoms with E-state index in [4.69, 9.17) is 5.73 Å². The molecule has 0 saturated heterocycles. The van der Waals surface area contributed by atoms with Gasteiger partial charge in [-0.3, -0.25) is 4.79 Å². The Morgan fingerprint density at radius 2 is 1.82 bits per heavy atom. The average molecular weight is 385 g/mol. The number of carboxylic acids is 2. The van der Waals surface area contributed by atoms with Crippen LogP contribution in [0, 0.1) is 0 Å². The van der Waals surface area contributed by atoms with Crippen LogP contribution in [0.3, 0.4) is 0 Å². The van der Waals surface area contributed by atoms with Crippen molar-refractivity contribution in [2.45, 2.75) is 38.6 Å². The lowest BCUT2D eigenvalue weighted by atomic mass is 9.79. The summed E-state index contributed by atoms with van der Waals surface area (Å²) in [5.41, 5.74) is 5.78. The molecular formula is C20H23N3O5. The maximum atomic E-state index is 12.2. The number of aromatic nitrogens is 1. The highest BCUT2D eigenvalue weighted by Gasteiger charge is 2.35. The molecule has 5 N–H and O–H groups in total. The van der Waals surface area contributed by atoms with Crippen molar-refractivity contribution in [2.24, 2.45) is 0 Å². The summed E-state index contributed by atoms with van der Waals surface area (Å²) in [7, 11) is 1.99. The van der Waals surface area contributed by atoms with Gasteiger partial charge >= 0.3 is 11.9 Å². The highest BCUT2D eigenvalue weighted by molar-refractivity contribution is 6.07. The molecule has 148 valence electrons. The second-order valence-corrected chi connectivity index (χ2v) is 7.85. The summed E-state index contributed by atoms with van der Waals surface area (Å²) >= 11 is 0. The first-order valence-electron chi connectivity index (χ1n) is 8.86. The minimum atomic E-state index is -1.51. The topological polar surface area (TPSA) is 137 Å². The molecule has 2 aromatic rings. The summed E-state index contributed by atoms with van der Waals surface area (Å²) in [5.74, 6) is -3.12. The first kappa shape index (κ1) is 19.5. The number of aromatic amines is 1. The number of nitrogens with one attached hydrogen (secondary N) is 1. The SMILES string of the molecule is CC1CC(C)(C)N(C)c2ccc(-c3c(C(=O)O)c(N)[nH]c(=O)c3C(=O)O)cc21. The summed E-state index contributed by atoms with van der Waals surface area (Å²) in [4.78, 5) is 40.0. The molecule has 1 aromatic carbocycles. The highest BCUT2D eigenvalue weighted by atomic mass is 16.4. The number of H-pyrrole nitrogens is 1. The molecule has 1 atom stereocenters. The lowest BCUT2D eigenvalue weighted by molar-refractivity contribution is 0.0695. The van der Waals surface area contributed by atoms with Crippen LogP contribution in [0.5, 0.6) is 0 Å². The number of nitrogens with two attached hydrogens (primary N) is 1. The third-order valence-electron chi connectivity index (χ3n) is 5.59. The molecule has 0 radical (unpaired) electrons. The Hall–Kier alpha value is -3.29. The average Bonchev–Trinajstić information content (AvgIpc) is 2.57. The molecule has 8 heteroatoms. The number of rotatable bonds is 3. The van der Waals surface area contributed by atoms with Gasteiger partial charge in [-0.1, -0.05) is 13.0 Å². The number of hydrogen-bond acceptors (Lipinski definition) is 5. The van der Waals surface area contributed by atoms with Crippen molar-refractivity contribution >= 4 is 23.4 Å². The fraction of sp³-hybridized carbons (Fsp3) is 0.350. The molecule has 28 heavy (non-hydrogen) atoms. The Morgan fingerprint density at radius 1 is 1.21 bits per heavy atom. The smallest absolute Gasteiger partial charge is 0.342 e. The lowest BCUT2D eigenvalue weighted by Gasteiger charge is -2.45. The first-order chi connectivity index (χ1) is 13.0. The van der Waals surface area contributed by atoms with Gasteiger partial charge in [-0.05, 0) is 49.4 Å². The van der Waals surface area contributed by atoms with E-state index < -0.39 is 28.6 Å². The van der Waals surface area contributed by atoms with E-state index >= 15 is 0 Å². The fourth-order valence-corrected chi connectivity index (χ4v) is 4.07. The molecule has 0 saturated carbocycles.